The van der Waals surface area contributed by atoms with Crippen molar-refractivity contribution in [2.75, 3.05) is 0 Å². The molecular formula is C51H36N4O2. The minimum atomic E-state index is -0.138. The van der Waals surface area contributed by atoms with Crippen molar-refractivity contribution in [1.82, 2.24) is 15.2 Å². The molecule has 6 nitrogen and oxygen atoms in total. The van der Waals surface area contributed by atoms with Gasteiger partial charge in [0.15, 0.2) is 0 Å². The smallest absolute Gasteiger partial charge is 0.143 e. The third kappa shape index (κ3) is 5.18. The number of rotatable bonds is 5. The molecule has 0 fully saturated rings. The van der Waals surface area contributed by atoms with Crippen molar-refractivity contribution in [3.8, 4) is 16.8 Å². The number of benzene rings is 7. The first-order valence-corrected chi connectivity index (χ1v) is 19.6. The summed E-state index contributed by atoms with van der Waals surface area (Å²) in [7, 11) is 0. The van der Waals surface area contributed by atoms with Crippen molar-refractivity contribution in [2.24, 2.45) is 10.9 Å². The topological polar surface area (TPSA) is 67.6 Å². The summed E-state index contributed by atoms with van der Waals surface area (Å²) in [5, 5.41) is 14.4. The van der Waals surface area contributed by atoms with Gasteiger partial charge < -0.3 is 18.7 Å². The average Bonchev–Trinajstić information content (AvgIpc) is 3.95. The van der Waals surface area contributed by atoms with Crippen molar-refractivity contribution in [3.05, 3.63) is 186 Å². The Bertz CT molecular complexity index is 3300. The number of furan rings is 2. The van der Waals surface area contributed by atoms with Crippen LogP contribution in [0.5, 0.6) is 0 Å². The van der Waals surface area contributed by atoms with Gasteiger partial charge in [-0.3, -0.25) is 5.32 Å². The molecule has 2 aliphatic rings. The van der Waals surface area contributed by atoms with E-state index in [1.165, 1.54) is 27.4 Å². The maximum atomic E-state index is 6.82. The standard InChI is InChI=1S/C51H36N4O2/c1-3-12-31(13-4-1)49-52-50(32-14-5-2-6-15-32)54-51(53-49)34-23-27-46-42(29-34)41-28-33(22-26-45(41)56-46)36-18-11-19-40-39-25-24-35(30-47(39)57-48(36)40)55-43-20-9-7-16-37(43)38-17-8-10-21-44(38)55/h1-22,24-30,34,49,51,53H,23H2,(H,52,54). The summed E-state index contributed by atoms with van der Waals surface area (Å²) in [5.41, 5.74) is 11.4. The second kappa shape index (κ2) is 12.7. The normalized spacial score (nSPS) is 18.0. The number of aromatic nitrogens is 1. The van der Waals surface area contributed by atoms with Crippen molar-refractivity contribution >= 4 is 72.7 Å². The molecule has 57 heavy (non-hydrogen) atoms. The molecule has 2 N–H and O–H groups in total. The molecule has 0 bridgehead atoms. The van der Waals surface area contributed by atoms with Gasteiger partial charge in [0.1, 0.15) is 40.3 Å². The summed E-state index contributed by atoms with van der Waals surface area (Å²) in [6.07, 6.45) is 5.20. The second-order valence-electron chi connectivity index (χ2n) is 15.1. The van der Waals surface area contributed by atoms with E-state index in [1.54, 1.807) is 0 Å². The molecule has 4 heterocycles. The minimum absolute atomic E-state index is 0.0752. The second-order valence-corrected chi connectivity index (χ2v) is 15.1. The molecular weight excluding hydrogens is 701 g/mol. The predicted octanol–water partition coefficient (Wildman–Crippen LogP) is 10.3. The van der Waals surface area contributed by atoms with E-state index >= 15 is 0 Å². The van der Waals surface area contributed by atoms with Crippen LogP contribution >= 0.6 is 0 Å². The van der Waals surface area contributed by atoms with Crippen LogP contribution in [0.15, 0.2) is 178 Å². The number of amidine groups is 1. The summed E-state index contributed by atoms with van der Waals surface area (Å²) in [6.45, 7) is 0. The van der Waals surface area contributed by atoms with Gasteiger partial charge >= 0.3 is 0 Å². The van der Waals surface area contributed by atoms with Crippen LogP contribution in [-0.4, -0.2) is 16.6 Å². The van der Waals surface area contributed by atoms with Gasteiger partial charge in [0.05, 0.1) is 11.0 Å². The molecule has 3 aromatic heterocycles. The molecule has 10 aromatic rings. The number of nitrogens with zero attached hydrogens (tertiary/aromatic N) is 2. The molecule has 0 saturated carbocycles. The van der Waals surface area contributed by atoms with Crippen molar-refractivity contribution < 1.29 is 8.83 Å². The lowest BCUT2D eigenvalue weighted by atomic mass is 9.94. The Balaban J connectivity index is 0.948. The first kappa shape index (κ1) is 32.1. The number of nitrogens with one attached hydrogen (secondary N) is 2. The summed E-state index contributed by atoms with van der Waals surface area (Å²) >= 11 is 0. The van der Waals surface area contributed by atoms with Gasteiger partial charge in [-0.15, -0.1) is 0 Å². The van der Waals surface area contributed by atoms with Crippen molar-refractivity contribution in [1.29, 1.82) is 0 Å². The molecule has 0 amide bonds. The highest BCUT2D eigenvalue weighted by atomic mass is 16.3. The Hall–Kier alpha value is -7.15. The largest absolute Gasteiger partial charge is 0.456 e. The van der Waals surface area contributed by atoms with Crippen LogP contribution in [0.3, 0.4) is 0 Å². The van der Waals surface area contributed by atoms with E-state index in [0.717, 1.165) is 78.2 Å². The maximum absolute atomic E-state index is 6.82. The molecule has 0 saturated heterocycles. The van der Waals surface area contributed by atoms with Crippen LogP contribution in [-0.2, 0) is 0 Å². The van der Waals surface area contributed by atoms with Crippen LogP contribution in [0.4, 0.5) is 0 Å². The molecule has 1 aliphatic carbocycles. The van der Waals surface area contributed by atoms with Gasteiger partial charge in [0, 0.05) is 60.9 Å². The molecule has 7 aromatic carbocycles. The Morgan fingerprint density at radius 3 is 2.12 bits per heavy atom. The van der Waals surface area contributed by atoms with Crippen molar-refractivity contribution in [3.63, 3.8) is 0 Å². The summed E-state index contributed by atoms with van der Waals surface area (Å²) in [6, 6.07) is 57.7. The van der Waals surface area contributed by atoms with E-state index in [0.29, 0.717) is 0 Å². The fourth-order valence-electron chi connectivity index (χ4n) is 9.09. The Kier molecular flexibility index (Phi) is 7.16. The SMILES string of the molecule is C1=c2oc3ccc(-c4cccc5c4oc4cc(-n6c7ccccc7c7ccccc76)ccc45)cc3c2=CC(C2N=C(c3ccccc3)NC(c3ccccc3)N2)C1. The molecule has 3 unspecified atom stereocenters. The number of hydrogen-bond donors (Lipinski definition) is 2. The highest BCUT2D eigenvalue weighted by Gasteiger charge is 2.30. The number of aliphatic imine (C=N–C) groups is 1. The van der Waals surface area contributed by atoms with Gasteiger partial charge in [0.25, 0.3) is 0 Å². The van der Waals surface area contributed by atoms with E-state index in [-0.39, 0.29) is 18.2 Å². The van der Waals surface area contributed by atoms with Gasteiger partial charge in [-0.25, -0.2) is 4.99 Å². The molecule has 272 valence electrons. The van der Waals surface area contributed by atoms with Crippen LogP contribution in [0.2, 0.25) is 0 Å². The summed E-state index contributed by atoms with van der Waals surface area (Å²) in [5.74, 6) is 1.02. The van der Waals surface area contributed by atoms with Crippen LogP contribution in [0.1, 0.15) is 23.7 Å². The molecule has 0 radical (unpaired) electrons. The van der Waals surface area contributed by atoms with Gasteiger partial charge in [-0.05, 0) is 60.0 Å². The van der Waals surface area contributed by atoms with E-state index in [4.69, 9.17) is 13.8 Å². The lowest BCUT2D eigenvalue weighted by Crippen LogP contribution is -2.51. The lowest BCUT2D eigenvalue weighted by Gasteiger charge is -2.35. The zero-order chi connectivity index (χ0) is 37.5. The monoisotopic (exact) mass is 736 g/mol. The van der Waals surface area contributed by atoms with Gasteiger partial charge in [-0.2, -0.15) is 0 Å². The molecule has 6 heteroatoms. The quantitative estimate of drug-likeness (QED) is 0.185. The first-order chi connectivity index (χ1) is 28.2. The lowest BCUT2D eigenvalue weighted by molar-refractivity contribution is 0.350. The third-order valence-electron chi connectivity index (χ3n) is 11.8. The van der Waals surface area contributed by atoms with Gasteiger partial charge in [-0.1, -0.05) is 127 Å². The fourth-order valence-corrected chi connectivity index (χ4v) is 9.09. The Labute approximate surface area is 327 Å². The minimum Gasteiger partial charge on any atom is -0.456 e. The van der Waals surface area contributed by atoms with Crippen molar-refractivity contribution in [2.45, 2.75) is 18.8 Å². The van der Waals surface area contributed by atoms with E-state index in [1.807, 2.05) is 6.07 Å². The molecule has 0 spiro atoms. The zero-order valence-electron chi connectivity index (χ0n) is 30.9. The third-order valence-corrected chi connectivity index (χ3v) is 11.8. The highest BCUT2D eigenvalue weighted by Crippen LogP contribution is 2.39. The Morgan fingerprint density at radius 2 is 1.32 bits per heavy atom. The molecule has 3 atom stereocenters. The Morgan fingerprint density at radius 1 is 0.579 bits per heavy atom. The maximum Gasteiger partial charge on any atom is 0.143 e. The first-order valence-electron chi connectivity index (χ1n) is 19.6. The van der Waals surface area contributed by atoms with E-state index < -0.39 is 0 Å². The zero-order valence-corrected chi connectivity index (χ0v) is 30.9. The number of hydrogen-bond acceptors (Lipinski definition) is 5. The van der Waals surface area contributed by atoms with Crippen LogP contribution < -0.4 is 21.3 Å². The number of fused-ring (bicyclic) bond motifs is 9. The molecule has 1 aliphatic heterocycles. The fraction of sp³-hybridized carbons (Fsp3) is 0.0784. The summed E-state index contributed by atoms with van der Waals surface area (Å²) in [4.78, 5) is 5.26. The summed E-state index contributed by atoms with van der Waals surface area (Å²) < 4.78 is 15.6. The van der Waals surface area contributed by atoms with Crippen LogP contribution in [0.25, 0.3) is 83.7 Å². The average molecular weight is 737 g/mol. The van der Waals surface area contributed by atoms with Crippen LogP contribution in [0, 0.1) is 5.92 Å². The van der Waals surface area contributed by atoms with E-state index in [9.17, 15) is 0 Å². The number of para-hydroxylation sites is 3. The predicted molar refractivity (Wildman–Crippen MR) is 232 cm³/mol. The van der Waals surface area contributed by atoms with E-state index in [2.05, 4.69) is 185 Å². The highest BCUT2D eigenvalue weighted by molar-refractivity contribution is 6.12. The van der Waals surface area contributed by atoms with Gasteiger partial charge in [0.2, 0.25) is 0 Å². The molecule has 12 rings (SSSR count).